The number of carbonyl (C=O) groups excluding carboxylic acids is 2. The Bertz CT molecular complexity index is 1080. The van der Waals surface area contributed by atoms with Crippen molar-refractivity contribution in [3.05, 3.63) is 68.7 Å². The number of rotatable bonds is 7. The SMILES string of the molecule is COc1ccc(C(O)=C2C(=O)C(=O)N(CCCN(C)C)[C@H]2c2ccc(Cl)c(Cl)c2)c(C)c1. The zero-order valence-corrected chi connectivity index (χ0v) is 20.0. The van der Waals surface area contributed by atoms with E-state index in [0.29, 0.717) is 45.5 Å². The van der Waals surface area contributed by atoms with Crippen LogP contribution in [0.4, 0.5) is 0 Å². The van der Waals surface area contributed by atoms with Crippen molar-refractivity contribution in [1.29, 1.82) is 0 Å². The van der Waals surface area contributed by atoms with Crippen molar-refractivity contribution in [2.24, 2.45) is 0 Å². The maximum atomic E-state index is 13.1. The van der Waals surface area contributed by atoms with E-state index in [4.69, 9.17) is 27.9 Å². The highest BCUT2D eigenvalue weighted by Crippen LogP contribution is 2.41. The summed E-state index contributed by atoms with van der Waals surface area (Å²) >= 11 is 12.3. The monoisotopic (exact) mass is 476 g/mol. The Morgan fingerprint density at radius 3 is 2.44 bits per heavy atom. The van der Waals surface area contributed by atoms with Crippen LogP contribution in [0, 0.1) is 6.92 Å². The van der Waals surface area contributed by atoms with Gasteiger partial charge in [-0.1, -0.05) is 29.3 Å². The van der Waals surface area contributed by atoms with E-state index in [1.165, 1.54) is 4.90 Å². The highest BCUT2D eigenvalue weighted by atomic mass is 35.5. The molecule has 170 valence electrons. The molecule has 0 bridgehead atoms. The molecule has 8 heteroatoms. The summed E-state index contributed by atoms with van der Waals surface area (Å²) in [5, 5.41) is 11.9. The van der Waals surface area contributed by atoms with E-state index in [0.717, 1.165) is 6.54 Å². The summed E-state index contributed by atoms with van der Waals surface area (Å²) < 4.78 is 5.23. The summed E-state index contributed by atoms with van der Waals surface area (Å²) in [6.45, 7) is 2.90. The first kappa shape index (κ1) is 24.1. The molecule has 0 aliphatic carbocycles. The van der Waals surface area contributed by atoms with Gasteiger partial charge in [0.25, 0.3) is 11.7 Å². The van der Waals surface area contributed by atoms with Crippen LogP contribution in [0.2, 0.25) is 10.0 Å². The molecule has 0 saturated carbocycles. The second-order valence-corrected chi connectivity index (χ2v) is 8.82. The van der Waals surface area contributed by atoms with Crippen molar-refractivity contribution in [2.45, 2.75) is 19.4 Å². The topological polar surface area (TPSA) is 70.1 Å². The Hall–Kier alpha value is -2.54. The number of amides is 1. The van der Waals surface area contributed by atoms with E-state index in [9.17, 15) is 14.7 Å². The average Bonchev–Trinajstić information content (AvgIpc) is 3.00. The first-order chi connectivity index (χ1) is 15.1. The minimum absolute atomic E-state index is 0.0338. The fourth-order valence-electron chi connectivity index (χ4n) is 3.87. The van der Waals surface area contributed by atoms with Crippen molar-refractivity contribution in [1.82, 2.24) is 9.80 Å². The van der Waals surface area contributed by atoms with Crippen molar-refractivity contribution < 1.29 is 19.4 Å². The van der Waals surface area contributed by atoms with E-state index < -0.39 is 17.7 Å². The maximum absolute atomic E-state index is 13.1. The normalized spacial score (nSPS) is 18.0. The zero-order valence-electron chi connectivity index (χ0n) is 18.5. The van der Waals surface area contributed by atoms with Crippen LogP contribution in [0.15, 0.2) is 42.0 Å². The number of aryl methyl sites for hydroxylation is 1. The lowest BCUT2D eigenvalue weighted by atomic mass is 9.94. The lowest BCUT2D eigenvalue weighted by Gasteiger charge is -2.26. The van der Waals surface area contributed by atoms with Crippen LogP contribution in [0.25, 0.3) is 5.76 Å². The maximum Gasteiger partial charge on any atom is 0.295 e. The first-order valence-electron chi connectivity index (χ1n) is 10.2. The second-order valence-electron chi connectivity index (χ2n) is 8.00. The van der Waals surface area contributed by atoms with Gasteiger partial charge in [0, 0.05) is 12.1 Å². The number of hydrogen-bond donors (Lipinski definition) is 1. The Morgan fingerprint density at radius 1 is 1.12 bits per heavy atom. The van der Waals surface area contributed by atoms with Crippen LogP contribution in [0.3, 0.4) is 0 Å². The predicted molar refractivity (Wildman–Crippen MR) is 126 cm³/mol. The number of nitrogens with zero attached hydrogens (tertiary/aromatic N) is 2. The largest absolute Gasteiger partial charge is 0.507 e. The van der Waals surface area contributed by atoms with Gasteiger partial charge in [0.2, 0.25) is 0 Å². The van der Waals surface area contributed by atoms with Gasteiger partial charge < -0.3 is 19.6 Å². The van der Waals surface area contributed by atoms with Crippen LogP contribution in [0.5, 0.6) is 5.75 Å². The fourth-order valence-corrected chi connectivity index (χ4v) is 4.18. The lowest BCUT2D eigenvalue weighted by Crippen LogP contribution is -2.32. The van der Waals surface area contributed by atoms with E-state index in [1.807, 2.05) is 19.0 Å². The molecule has 1 N–H and O–H groups in total. The van der Waals surface area contributed by atoms with Gasteiger partial charge in [0.15, 0.2) is 0 Å². The van der Waals surface area contributed by atoms with Gasteiger partial charge in [-0.05, 0) is 75.4 Å². The second kappa shape index (κ2) is 9.94. The average molecular weight is 477 g/mol. The van der Waals surface area contributed by atoms with Crippen molar-refractivity contribution in [2.75, 3.05) is 34.3 Å². The number of ketones is 1. The molecule has 2 aromatic rings. The molecule has 1 amide bonds. The number of ether oxygens (including phenoxy) is 1. The number of likely N-dealkylation sites (tertiary alicyclic amines) is 1. The number of benzene rings is 2. The number of methoxy groups -OCH3 is 1. The Labute approximate surface area is 198 Å². The molecule has 1 saturated heterocycles. The van der Waals surface area contributed by atoms with Crippen LogP contribution in [-0.2, 0) is 9.59 Å². The van der Waals surface area contributed by atoms with E-state index in [-0.39, 0.29) is 11.3 Å². The molecule has 32 heavy (non-hydrogen) atoms. The van der Waals surface area contributed by atoms with Crippen LogP contribution in [-0.4, -0.2) is 60.9 Å². The highest BCUT2D eigenvalue weighted by molar-refractivity contribution is 6.47. The van der Waals surface area contributed by atoms with Gasteiger partial charge in [0.05, 0.1) is 28.8 Å². The molecule has 1 aliphatic heterocycles. The predicted octanol–water partition coefficient (Wildman–Crippen LogP) is 4.68. The third-order valence-electron chi connectivity index (χ3n) is 5.49. The third kappa shape index (κ3) is 4.77. The van der Waals surface area contributed by atoms with Gasteiger partial charge in [-0.25, -0.2) is 0 Å². The third-order valence-corrected chi connectivity index (χ3v) is 6.23. The van der Waals surface area contributed by atoms with Gasteiger partial charge in [0.1, 0.15) is 11.5 Å². The minimum atomic E-state index is -0.770. The number of aliphatic hydroxyl groups excluding tert-OH is 1. The molecule has 2 aromatic carbocycles. The summed E-state index contributed by atoms with van der Waals surface area (Å²) in [7, 11) is 5.44. The summed E-state index contributed by atoms with van der Waals surface area (Å²) in [4.78, 5) is 29.6. The molecule has 1 atom stereocenters. The number of Topliss-reactive ketones (excluding diaryl/α,β-unsaturated/α-hetero) is 1. The van der Waals surface area contributed by atoms with Gasteiger partial charge in [-0.15, -0.1) is 0 Å². The molecule has 0 radical (unpaired) electrons. The van der Waals surface area contributed by atoms with Crippen molar-refractivity contribution >= 4 is 40.7 Å². The lowest BCUT2D eigenvalue weighted by molar-refractivity contribution is -0.139. The first-order valence-corrected chi connectivity index (χ1v) is 10.9. The molecule has 0 aromatic heterocycles. The Balaban J connectivity index is 2.15. The molecule has 0 unspecified atom stereocenters. The molecule has 1 heterocycles. The molecular formula is C24H26Cl2N2O4. The van der Waals surface area contributed by atoms with Crippen LogP contribution < -0.4 is 4.74 Å². The molecule has 1 fully saturated rings. The molecule has 0 spiro atoms. The number of hydrogen-bond acceptors (Lipinski definition) is 5. The van der Waals surface area contributed by atoms with Gasteiger partial charge >= 0.3 is 0 Å². The number of carbonyl (C=O) groups is 2. The summed E-state index contributed by atoms with van der Waals surface area (Å²) in [6.07, 6.45) is 0.666. The molecule has 3 rings (SSSR count). The quantitative estimate of drug-likeness (QED) is 0.356. The van der Waals surface area contributed by atoms with Crippen molar-refractivity contribution in [3.63, 3.8) is 0 Å². The van der Waals surface area contributed by atoms with E-state index >= 15 is 0 Å². The fraction of sp³-hybridized carbons (Fsp3) is 0.333. The Kier molecular flexibility index (Phi) is 7.49. The van der Waals surface area contributed by atoms with Crippen molar-refractivity contribution in [3.8, 4) is 5.75 Å². The van der Waals surface area contributed by atoms with E-state index in [1.54, 1.807) is 50.4 Å². The standard InChI is InChI=1S/C24H26Cl2N2O4/c1-14-12-16(32-4)7-8-17(14)22(29)20-21(15-6-9-18(25)19(26)13-15)28(24(31)23(20)30)11-5-10-27(2)3/h6-9,12-13,21,29H,5,10-11H2,1-4H3/t21-/m0/s1. The van der Waals surface area contributed by atoms with Gasteiger partial charge in [-0.2, -0.15) is 0 Å². The Morgan fingerprint density at radius 2 is 1.84 bits per heavy atom. The van der Waals surface area contributed by atoms with Crippen LogP contribution >= 0.6 is 23.2 Å². The van der Waals surface area contributed by atoms with Gasteiger partial charge in [-0.3, -0.25) is 9.59 Å². The summed E-state index contributed by atoms with van der Waals surface area (Å²) in [5.74, 6) is -0.968. The minimum Gasteiger partial charge on any atom is -0.507 e. The summed E-state index contributed by atoms with van der Waals surface area (Å²) in [6, 6.07) is 9.34. The molecular weight excluding hydrogens is 451 g/mol. The number of halogens is 2. The van der Waals surface area contributed by atoms with E-state index in [2.05, 4.69) is 0 Å². The van der Waals surface area contributed by atoms with Crippen LogP contribution in [0.1, 0.15) is 29.2 Å². The number of aliphatic hydroxyl groups is 1. The molecule has 1 aliphatic rings. The smallest absolute Gasteiger partial charge is 0.295 e. The summed E-state index contributed by atoms with van der Waals surface area (Å²) in [5.41, 5.74) is 1.82. The molecule has 6 nitrogen and oxygen atoms in total. The highest BCUT2D eigenvalue weighted by Gasteiger charge is 2.46. The zero-order chi connectivity index (χ0) is 23.6.